The summed E-state index contributed by atoms with van der Waals surface area (Å²) < 4.78 is 2.72. The Morgan fingerprint density at radius 1 is 1.29 bits per heavy atom. The van der Waals surface area contributed by atoms with E-state index in [-0.39, 0.29) is 0 Å². The highest BCUT2D eigenvalue weighted by molar-refractivity contribution is 9.10. The third-order valence-corrected chi connectivity index (χ3v) is 2.67. The van der Waals surface area contributed by atoms with E-state index in [1.54, 1.807) is 10.9 Å². The van der Waals surface area contributed by atoms with E-state index in [0.717, 1.165) is 15.6 Å². The first-order chi connectivity index (χ1) is 6.68. The average molecular weight is 252 g/mol. The number of nitrogens with zero attached hydrogens (tertiary/aromatic N) is 2. The Morgan fingerprint density at radius 2 is 1.93 bits per heavy atom. The molecule has 0 saturated heterocycles. The molecule has 1 heterocycles. The van der Waals surface area contributed by atoms with Crippen molar-refractivity contribution in [2.45, 2.75) is 0 Å². The summed E-state index contributed by atoms with van der Waals surface area (Å²) in [6.45, 7) is 0. The van der Waals surface area contributed by atoms with Crippen molar-refractivity contribution < 1.29 is 0 Å². The van der Waals surface area contributed by atoms with E-state index in [1.807, 2.05) is 31.3 Å². The number of benzene rings is 1. The van der Waals surface area contributed by atoms with Crippen molar-refractivity contribution in [2.75, 3.05) is 5.73 Å². The van der Waals surface area contributed by atoms with Crippen molar-refractivity contribution in [3.05, 3.63) is 34.9 Å². The second-order valence-corrected chi connectivity index (χ2v) is 3.99. The summed E-state index contributed by atoms with van der Waals surface area (Å²) >= 11 is 3.39. The molecule has 0 spiro atoms. The first-order valence-electron chi connectivity index (χ1n) is 4.22. The first kappa shape index (κ1) is 9.27. The number of nitrogens with two attached hydrogens (primary N) is 1. The lowest BCUT2D eigenvalue weighted by Crippen LogP contribution is -1.97. The van der Waals surface area contributed by atoms with E-state index >= 15 is 0 Å². The zero-order valence-electron chi connectivity index (χ0n) is 7.74. The molecule has 14 heavy (non-hydrogen) atoms. The maximum Gasteiger partial charge on any atom is 0.129 e. The van der Waals surface area contributed by atoms with E-state index < -0.39 is 0 Å². The Morgan fingerprint density at radius 3 is 2.43 bits per heavy atom. The van der Waals surface area contributed by atoms with Crippen molar-refractivity contribution in [3.63, 3.8) is 0 Å². The molecule has 72 valence electrons. The van der Waals surface area contributed by atoms with Crippen molar-refractivity contribution in [3.8, 4) is 11.1 Å². The van der Waals surface area contributed by atoms with Crippen molar-refractivity contribution >= 4 is 21.7 Å². The molecule has 0 amide bonds. The molecule has 0 radical (unpaired) electrons. The Hall–Kier alpha value is -1.29. The van der Waals surface area contributed by atoms with Gasteiger partial charge in [0.05, 0.1) is 6.20 Å². The van der Waals surface area contributed by atoms with Gasteiger partial charge in [-0.05, 0) is 17.7 Å². The maximum absolute atomic E-state index is 5.86. The second kappa shape index (κ2) is 3.46. The first-order valence-corrected chi connectivity index (χ1v) is 5.01. The van der Waals surface area contributed by atoms with Crippen LogP contribution in [0.2, 0.25) is 0 Å². The fourth-order valence-corrected chi connectivity index (χ4v) is 1.56. The van der Waals surface area contributed by atoms with Crippen LogP contribution in [0.5, 0.6) is 0 Å². The molecular formula is C10H10BrN3. The highest BCUT2D eigenvalue weighted by atomic mass is 79.9. The predicted octanol–water partition coefficient (Wildman–Crippen LogP) is 2.43. The molecule has 0 aliphatic carbocycles. The molecule has 0 fully saturated rings. The molecule has 0 unspecified atom stereocenters. The van der Waals surface area contributed by atoms with Gasteiger partial charge in [-0.15, -0.1) is 0 Å². The number of hydrogen-bond acceptors (Lipinski definition) is 2. The summed E-state index contributed by atoms with van der Waals surface area (Å²) in [7, 11) is 1.83. The number of rotatable bonds is 1. The molecule has 2 aromatic rings. The number of hydrogen-bond donors (Lipinski definition) is 1. The van der Waals surface area contributed by atoms with Crippen LogP contribution in [0.1, 0.15) is 0 Å². The molecular weight excluding hydrogens is 242 g/mol. The van der Waals surface area contributed by atoms with Gasteiger partial charge >= 0.3 is 0 Å². The summed E-state index contributed by atoms with van der Waals surface area (Å²) in [5.74, 6) is 0.687. The van der Waals surface area contributed by atoms with Crippen LogP contribution < -0.4 is 5.73 Å². The minimum absolute atomic E-state index is 0.687. The van der Waals surface area contributed by atoms with Crippen molar-refractivity contribution in [1.82, 2.24) is 9.78 Å². The minimum Gasteiger partial charge on any atom is -0.383 e. The van der Waals surface area contributed by atoms with Crippen molar-refractivity contribution in [1.29, 1.82) is 0 Å². The second-order valence-electron chi connectivity index (χ2n) is 3.07. The van der Waals surface area contributed by atoms with Gasteiger partial charge in [-0.2, -0.15) is 5.10 Å². The van der Waals surface area contributed by atoms with E-state index in [2.05, 4.69) is 21.0 Å². The lowest BCUT2D eigenvalue weighted by molar-refractivity contribution is 0.779. The zero-order chi connectivity index (χ0) is 10.1. The Kier molecular flexibility index (Phi) is 2.29. The van der Waals surface area contributed by atoms with Crippen LogP contribution in [0.3, 0.4) is 0 Å². The van der Waals surface area contributed by atoms with E-state index in [0.29, 0.717) is 5.82 Å². The summed E-state index contributed by atoms with van der Waals surface area (Å²) in [4.78, 5) is 0. The molecule has 2 rings (SSSR count). The Bertz CT molecular complexity index is 445. The van der Waals surface area contributed by atoms with Crippen LogP contribution in [0.25, 0.3) is 11.1 Å². The van der Waals surface area contributed by atoms with Gasteiger partial charge < -0.3 is 5.73 Å². The third-order valence-electron chi connectivity index (χ3n) is 2.14. The van der Waals surface area contributed by atoms with Crippen LogP contribution in [0, 0.1) is 0 Å². The number of aromatic nitrogens is 2. The SMILES string of the molecule is Cn1ncc(-c2ccc(Br)cc2)c1N. The van der Waals surface area contributed by atoms with E-state index in [4.69, 9.17) is 5.73 Å². The van der Waals surface area contributed by atoms with Crippen molar-refractivity contribution in [2.24, 2.45) is 7.05 Å². The van der Waals surface area contributed by atoms with E-state index in [1.165, 1.54) is 0 Å². The summed E-state index contributed by atoms with van der Waals surface area (Å²) in [6.07, 6.45) is 1.78. The van der Waals surface area contributed by atoms with Gasteiger partial charge in [0, 0.05) is 17.1 Å². The molecule has 0 atom stereocenters. The van der Waals surface area contributed by atoms with Gasteiger partial charge in [0.1, 0.15) is 5.82 Å². The highest BCUT2D eigenvalue weighted by Gasteiger charge is 2.06. The molecule has 0 saturated carbocycles. The summed E-state index contributed by atoms with van der Waals surface area (Å²) in [5.41, 5.74) is 7.92. The van der Waals surface area contributed by atoms with Gasteiger partial charge in [0.2, 0.25) is 0 Å². The molecule has 2 N–H and O–H groups in total. The zero-order valence-corrected chi connectivity index (χ0v) is 9.32. The molecule has 3 nitrogen and oxygen atoms in total. The normalized spacial score (nSPS) is 10.4. The fraction of sp³-hybridized carbons (Fsp3) is 0.100. The molecule has 1 aromatic heterocycles. The Labute approximate surface area is 90.7 Å². The predicted molar refractivity (Wildman–Crippen MR) is 60.8 cm³/mol. The maximum atomic E-state index is 5.86. The smallest absolute Gasteiger partial charge is 0.129 e. The standard InChI is InChI=1S/C10H10BrN3/c1-14-10(12)9(6-13-14)7-2-4-8(11)5-3-7/h2-6H,12H2,1H3. The number of aryl methyl sites for hydroxylation is 1. The van der Waals surface area contributed by atoms with Gasteiger partial charge in [-0.1, -0.05) is 28.1 Å². The largest absolute Gasteiger partial charge is 0.383 e. The lowest BCUT2D eigenvalue weighted by atomic mass is 10.1. The van der Waals surface area contributed by atoms with Crippen LogP contribution in [-0.4, -0.2) is 9.78 Å². The highest BCUT2D eigenvalue weighted by Crippen LogP contribution is 2.25. The minimum atomic E-state index is 0.687. The molecule has 0 aliphatic heterocycles. The van der Waals surface area contributed by atoms with E-state index in [9.17, 15) is 0 Å². The van der Waals surface area contributed by atoms with Gasteiger partial charge in [0.15, 0.2) is 0 Å². The molecule has 1 aromatic carbocycles. The molecule has 0 aliphatic rings. The summed E-state index contributed by atoms with van der Waals surface area (Å²) in [5, 5.41) is 4.09. The van der Waals surface area contributed by atoms with Gasteiger partial charge in [-0.3, -0.25) is 4.68 Å². The van der Waals surface area contributed by atoms with Crippen LogP contribution in [0.4, 0.5) is 5.82 Å². The fourth-order valence-electron chi connectivity index (χ4n) is 1.30. The number of nitrogen functional groups attached to an aromatic ring is 1. The summed E-state index contributed by atoms with van der Waals surface area (Å²) in [6, 6.07) is 8.00. The van der Waals surface area contributed by atoms with Crippen LogP contribution >= 0.6 is 15.9 Å². The topological polar surface area (TPSA) is 43.8 Å². The number of anilines is 1. The number of halogens is 1. The van der Waals surface area contributed by atoms with Crippen LogP contribution in [0.15, 0.2) is 34.9 Å². The quantitative estimate of drug-likeness (QED) is 0.847. The third kappa shape index (κ3) is 1.53. The monoisotopic (exact) mass is 251 g/mol. The van der Waals surface area contributed by atoms with Crippen LogP contribution in [-0.2, 0) is 7.05 Å². The lowest BCUT2D eigenvalue weighted by Gasteiger charge is -2.00. The molecule has 4 heteroatoms. The van der Waals surface area contributed by atoms with Gasteiger partial charge in [0.25, 0.3) is 0 Å². The van der Waals surface area contributed by atoms with Gasteiger partial charge in [-0.25, -0.2) is 0 Å². The average Bonchev–Trinajstić information content (AvgIpc) is 2.50. The molecule has 0 bridgehead atoms. The Balaban J connectivity index is 2.49.